The van der Waals surface area contributed by atoms with Crippen molar-refractivity contribution in [2.45, 2.75) is 38.0 Å². The van der Waals surface area contributed by atoms with Gasteiger partial charge in [0, 0.05) is 19.2 Å². The van der Waals surface area contributed by atoms with Gasteiger partial charge in [0.1, 0.15) is 6.61 Å². The van der Waals surface area contributed by atoms with Crippen LogP contribution in [0.15, 0.2) is 0 Å². The van der Waals surface area contributed by atoms with E-state index >= 15 is 0 Å². The first-order valence-electron chi connectivity index (χ1n) is 5.27. The molecule has 1 saturated carbocycles. The maximum Gasteiger partial charge on any atom is 0.246 e. The van der Waals surface area contributed by atoms with Gasteiger partial charge in [-0.1, -0.05) is 0 Å². The number of nitrogens with two attached hydrogens (primary N) is 1. The summed E-state index contributed by atoms with van der Waals surface area (Å²) in [4.78, 5) is 11.3. The van der Waals surface area contributed by atoms with E-state index in [0.717, 1.165) is 12.8 Å². The molecular formula is C10H20N2O3. The van der Waals surface area contributed by atoms with Crippen molar-refractivity contribution >= 4 is 5.91 Å². The fourth-order valence-corrected chi connectivity index (χ4v) is 1.54. The summed E-state index contributed by atoms with van der Waals surface area (Å²) in [6.07, 6.45) is 1.89. The van der Waals surface area contributed by atoms with Gasteiger partial charge in [0.2, 0.25) is 5.91 Å². The Bertz CT molecular complexity index is 205. The quantitative estimate of drug-likeness (QED) is 0.636. The number of ether oxygens (including phenoxy) is 2. The average molecular weight is 216 g/mol. The molecule has 0 spiro atoms. The molecule has 1 unspecified atom stereocenters. The van der Waals surface area contributed by atoms with Crippen molar-refractivity contribution in [3.05, 3.63) is 0 Å². The van der Waals surface area contributed by atoms with Crippen molar-refractivity contribution in [2.75, 3.05) is 20.3 Å². The zero-order valence-corrected chi connectivity index (χ0v) is 9.36. The molecule has 0 aromatic heterocycles. The van der Waals surface area contributed by atoms with Crippen LogP contribution >= 0.6 is 0 Å². The van der Waals surface area contributed by atoms with E-state index in [4.69, 9.17) is 15.2 Å². The number of hydrogen-bond acceptors (Lipinski definition) is 4. The number of nitrogens with one attached hydrogen (secondary N) is 1. The Balaban J connectivity index is 2.03. The summed E-state index contributed by atoms with van der Waals surface area (Å²) in [7, 11) is 1.61. The number of carbonyl (C=O) groups excluding carboxylic acids is 1. The number of methoxy groups -OCH3 is 1. The van der Waals surface area contributed by atoms with E-state index in [-0.39, 0.29) is 30.7 Å². The maximum absolute atomic E-state index is 11.3. The Hall–Kier alpha value is -0.650. The molecule has 0 saturated heterocycles. The van der Waals surface area contributed by atoms with Crippen LogP contribution in [-0.4, -0.2) is 44.4 Å². The van der Waals surface area contributed by atoms with E-state index in [2.05, 4.69) is 5.32 Å². The Morgan fingerprint density at radius 3 is 2.80 bits per heavy atom. The fourth-order valence-electron chi connectivity index (χ4n) is 1.54. The zero-order chi connectivity index (χ0) is 11.3. The third-order valence-electron chi connectivity index (χ3n) is 2.41. The van der Waals surface area contributed by atoms with Crippen LogP contribution in [0.4, 0.5) is 0 Å². The first-order chi connectivity index (χ1) is 7.11. The van der Waals surface area contributed by atoms with Gasteiger partial charge in [0.15, 0.2) is 0 Å². The van der Waals surface area contributed by atoms with Crippen LogP contribution in [0.1, 0.15) is 19.8 Å². The van der Waals surface area contributed by atoms with Crippen LogP contribution in [-0.2, 0) is 14.3 Å². The Morgan fingerprint density at radius 2 is 2.27 bits per heavy atom. The Kier molecular flexibility index (Phi) is 5.01. The van der Waals surface area contributed by atoms with Crippen molar-refractivity contribution < 1.29 is 14.3 Å². The van der Waals surface area contributed by atoms with Crippen LogP contribution in [0, 0.1) is 0 Å². The van der Waals surface area contributed by atoms with Gasteiger partial charge in [-0.05, 0) is 19.8 Å². The molecule has 0 radical (unpaired) electrons. The lowest BCUT2D eigenvalue weighted by molar-refractivity contribution is -0.130. The highest BCUT2D eigenvalue weighted by Gasteiger charge is 2.27. The lowest BCUT2D eigenvalue weighted by atomic mass is 9.90. The molecule has 0 aliphatic heterocycles. The van der Waals surface area contributed by atoms with E-state index in [9.17, 15) is 4.79 Å². The predicted molar refractivity (Wildman–Crippen MR) is 56.4 cm³/mol. The molecular weight excluding hydrogens is 196 g/mol. The molecule has 0 heterocycles. The summed E-state index contributed by atoms with van der Waals surface area (Å²) in [5.74, 6) is -0.0972. The van der Waals surface area contributed by atoms with Gasteiger partial charge in [-0.15, -0.1) is 0 Å². The highest BCUT2D eigenvalue weighted by molar-refractivity contribution is 5.77. The molecule has 88 valence electrons. The van der Waals surface area contributed by atoms with E-state index < -0.39 is 0 Å². The molecule has 1 aliphatic rings. The minimum absolute atomic E-state index is 0.0229. The average Bonchev–Trinajstić information content (AvgIpc) is 2.11. The van der Waals surface area contributed by atoms with Crippen molar-refractivity contribution in [3.8, 4) is 0 Å². The number of carbonyl (C=O) groups is 1. The van der Waals surface area contributed by atoms with Crippen LogP contribution in [0.25, 0.3) is 0 Å². The summed E-state index contributed by atoms with van der Waals surface area (Å²) >= 11 is 0. The van der Waals surface area contributed by atoms with Gasteiger partial charge in [0.05, 0.1) is 12.7 Å². The Labute approximate surface area is 90.3 Å². The smallest absolute Gasteiger partial charge is 0.246 e. The molecule has 0 aromatic rings. The standard InChI is InChI=1S/C10H20N2O3/c1-7(5-14-2)12-10(13)6-15-9-3-8(11)4-9/h7-9H,3-6,11H2,1-2H3,(H,12,13). The summed E-state index contributed by atoms with van der Waals surface area (Å²) < 4.78 is 10.3. The minimum atomic E-state index is -0.0972. The molecule has 1 aliphatic carbocycles. The summed E-state index contributed by atoms with van der Waals surface area (Å²) in [5.41, 5.74) is 5.60. The first kappa shape index (κ1) is 12.4. The van der Waals surface area contributed by atoms with Crippen LogP contribution in [0.2, 0.25) is 0 Å². The van der Waals surface area contributed by atoms with E-state index in [1.807, 2.05) is 6.92 Å². The van der Waals surface area contributed by atoms with Crippen molar-refractivity contribution in [3.63, 3.8) is 0 Å². The molecule has 1 atom stereocenters. The molecule has 3 N–H and O–H groups in total. The normalized spacial score (nSPS) is 26.9. The number of amides is 1. The van der Waals surface area contributed by atoms with Crippen LogP contribution in [0.5, 0.6) is 0 Å². The molecule has 5 heteroatoms. The first-order valence-corrected chi connectivity index (χ1v) is 5.27. The Morgan fingerprint density at radius 1 is 1.60 bits per heavy atom. The third-order valence-corrected chi connectivity index (χ3v) is 2.41. The van der Waals surface area contributed by atoms with Gasteiger partial charge < -0.3 is 20.5 Å². The van der Waals surface area contributed by atoms with Gasteiger partial charge in [-0.3, -0.25) is 4.79 Å². The summed E-state index contributed by atoms with van der Waals surface area (Å²) in [5, 5.41) is 2.78. The summed E-state index contributed by atoms with van der Waals surface area (Å²) in [6.45, 7) is 2.52. The van der Waals surface area contributed by atoms with Gasteiger partial charge in [0.25, 0.3) is 0 Å². The van der Waals surface area contributed by atoms with Crippen LogP contribution < -0.4 is 11.1 Å². The maximum atomic E-state index is 11.3. The largest absolute Gasteiger partial charge is 0.383 e. The number of hydrogen-bond donors (Lipinski definition) is 2. The van der Waals surface area contributed by atoms with E-state index in [1.165, 1.54) is 0 Å². The van der Waals surface area contributed by atoms with E-state index in [1.54, 1.807) is 7.11 Å². The molecule has 5 nitrogen and oxygen atoms in total. The SMILES string of the molecule is COCC(C)NC(=O)COC1CC(N)C1. The van der Waals surface area contributed by atoms with Crippen molar-refractivity contribution in [1.82, 2.24) is 5.32 Å². The van der Waals surface area contributed by atoms with Gasteiger partial charge >= 0.3 is 0 Å². The third kappa shape index (κ3) is 4.59. The van der Waals surface area contributed by atoms with Crippen molar-refractivity contribution in [2.24, 2.45) is 5.73 Å². The second-order valence-electron chi connectivity index (χ2n) is 4.09. The van der Waals surface area contributed by atoms with Crippen LogP contribution in [0.3, 0.4) is 0 Å². The van der Waals surface area contributed by atoms with Gasteiger partial charge in [-0.25, -0.2) is 0 Å². The fraction of sp³-hybridized carbons (Fsp3) is 0.900. The molecule has 15 heavy (non-hydrogen) atoms. The minimum Gasteiger partial charge on any atom is -0.383 e. The van der Waals surface area contributed by atoms with Gasteiger partial charge in [-0.2, -0.15) is 0 Å². The van der Waals surface area contributed by atoms with E-state index in [0.29, 0.717) is 6.61 Å². The number of rotatable bonds is 6. The zero-order valence-electron chi connectivity index (χ0n) is 9.36. The lowest BCUT2D eigenvalue weighted by Gasteiger charge is -2.32. The topological polar surface area (TPSA) is 73.6 Å². The molecule has 1 amide bonds. The monoisotopic (exact) mass is 216 g/mol. The summed E-state index contributed by atoms with van der Waals surface area (Å²) in [6, 6.07) is 0.278. The second-order valence-corrected chi connectivity index (χ2v) is 4.09. The molecule has 0 bridgehead atoms. The molecule has 0 aromatic carbocycles. The second kappa shape index (κ2) is 6.05. The highest BCUT2D eigenvalue weighted by atomic mass is 16.5. The highest BCUT2D eigenvalue weighted by Crippen LogP contribution is 2.20. The molecule has 1 fully saturated rings. The van der Waals surface area contributed by atoms with Crippen molar-refractivity contribution in [1.29, 1.82) is 0 Å². The predicted octanol–water partition coefficient (Wildman–Crippen LogP) is -0.356. The molecule has 1 rings (SSSR count). The lowest BCUT2D eigenvalue weighted by Crippen LogP contribution is -2.44.